The largest absolute Gasteiger partial charge is 0.341 e. The molecule has 0 N–H and O–H groups in total. The van der Waals surface area contributed by atoms with Gasteiger partial charge in [0.25, 0.3) is 0 Å². The Hall–Kier alpha value is -2.42. The van der Waals surface area contributed by atoms with Gasteiger partial charge in [-0.2, -0.15) is 0 Å². The Balaban J connectivity index is 2.06. The maximum atomic E-state index is 11.5. The third kappa shape index (κ3) is 2.15. The first-order chi connectivity index (χ1) is 9.25. The van der Waals surface area contributed by atoms with Crippen LogP contribution in [-0.2, 0) is 6.54 Å². The maximum absolute atomic E-state index is 11.5. The summed E-state index contributed by atoms with van der Waals surface area (Å²) in [6.07, 6.45) is 3.73. The summed E-state index contributed by atoms with van der Waals surface area (Å²) in [7, 11) is 0. The number of Topliss-reactive ketones (excluding diaryl/α,β-unsaturated/α-hetero) is 1. The Morgan fingerprint density at radius 3 is 2.84 bits per heavy atom. The lowest BCUT2D eigenvalue weighted by Crippen LogP contribution is -2.07. The second kappa shape index (κ2) is 4.69. The fourth-order valence-corrected chi connectivity index (χ4v) is 2.35. The van der Waals surface area contributed by atoms with E-state index in [0.29, 0.717) is 6.54 Å². The number of rotatable bonds is 3. The Bertz CT molecular complexity index is 738. The highest BCUT2D eigenvalue weighted by Crippen LogP contribution is 2.18. The molecule has 3 rings (SSSR count). The van der Waals surface area contributed by atoms with Crippen molar-refractivity contribution in [2.45, 2.75) is 13.5 Å². The zero-order chi connectivity index (χ0) is 13.2. The second-order valence-electron chi connectivity index (χ2n) is 4.57. The van der Waals surface area contributed by atoms with Crippen LogP contribution in [-0.4, -0.2) is 15.3 Å². The molecule has 94 valence electrons. The minimum absolute atomic E-state index is 0.0817. The van der Waals surface area contributed by atoms with Crippen molar-refractivity contribution in [3.05, 3.63) is 66.1 Å². The molecule has 0 atom stereocenters. The second-order valence-corrected chi connectivity index (χ2v) is 4.57. The fraction of sp³-hybridized carbons (Fsp3) is 0.125. The predicted octanol–water partition coefficient (Wildman–Crippen LogP) is 3.29. The number of pyridine rings is 1. The molecule has 0 radical (unpaired) electrons. The predicted molar refractivity (Wildman–Crippen MR) is 75.3 cm³/mol. The van der Waals surface area contributed by atoms with Gasteiger partial charge in [-0.3, -0.25) is 9.78 Å². The number of hydrogen-bond donors (Lipinski definition) is 0. The molecule has 3 heteroatoms. The SMILES string of the molecule is CC(=O)c1cccn1Cc1cccc2cccnc12. The molecule has 0 saturated carbocycles. The Labute approximate surface area is 111 Å². The van der Waals surface area contributed by atoms with E-state index < -0.39 is 0 Å². The number of fused-ring (bicyclic) bond motifs is 1. The zero-order valence-electron chi connectivity index (χ0n) is 10.7. The summed E-state index contributed by atoms with van der Waals surface area (Å²) in [6.45, 7) is 2.25. The van der Waals surface area contributed by atoms with E-state index in [-0.39, 0.29) is 5.78 Å². The standard InChI is InChI=1S/C16H14N2O/c1-12(19)15-8-4-10-18(15)11-14-6-2-5-13-7-3-9-17-16(13)14/h2-10H,11H2,1H3. The number of benzene rings is 1. The molecule has 0 bridgehead atoms. The number of hydrogen-bond acceptors (Lipinski definition) is 2. The Morgan fingerprint density at radius 2 is 2.00 bits per heavy atom. The van der Waals surface area contributed by atoms with Crippen LogP contribution in [0.5, 0.6) is 0 Å². The molecule has 19 heavy (non-hydrogen) atoms. The van der Waals surface area contributed by atoms with E-state index in [4.69, 9.17) is 0 Å². The normalized spacial score (nSPS) is 10.8. The first kappa shape index (κ1) is 11.7. The summed E-state index contributed by atoms with van der Waals surface area (Å²) in [4.78, 5) is 16.0. The smallest absolute Gasteiger partial charge is 0.176 e. The van der Waals surface area contributed by atoms with Gasteiger partial charge in [0, 0.05) is 31.2 Å². The lowest BCUT2D eigenvalue weighted by Gasteiger charge is -2.09. The van der Waals surface area contributed by atoms with Crippen molar-refractivity contribution in [1.82, 2.24) is 9.55 Å². The molecule has 0 aliphatic rings. The van der Waals surface area contributed by atoms with Crippen LogP contribution >= 0.6 is 0 Å². The average molecular weight is 250 g/mol. The van der Waals surface area contributed by atoms with Gasteiger partial charge < -0.3 is 4.57 Å². The van der Waals surface area contributed by atoms with Crippen molar-refractivity contribution in [1.29, 1.82) is 0 Å². The number of para-hydroxylation sites is 1. The van der Waals surface area contributed by atoms with Gasteiger partial charge >= 0.3 is 0 Å². The van der Waals surface area contributed by atoms with Gasteiger partial charge in [0.1, 0.15) is 0 Å². The summed E-state index contributed by atoms with van der Waals surface area (Å²) in [6, 6.07) is 13.9. The van der Waals surface area contributed by atoms with E-state index in [2.05, 4.69) is 11.1 Å². The highest BCUT2D eigenvalue weighted by Gasteiger charge is 2.08. The molecular weight excluding hydrogens is 236 g/mol. The van der Waals surface area contributed by atoms with Crippen LogP contribution in [0.15, 0.2) is 54.9 Å². The van der Waals surface area contributed by atoms with E-state index in [1.165, 1.54) is 0 Å². The van der Waals surface area contributed by atoms with Gasteiger partial charge in [0.05, 0.1) is 11.2 Å². The van der Waals surface area contributed by atoms with E-state index in [0.717, 1.165) is 22.2 Å². The number of carbonyl (C=O) groups is 1. The summed E-state index contributed by atoms with van der Waals surface area (Å²) in [5.74, 6) is 0.0817. The van der Waals surface area contributed by atoms with Crippen LogP contribution in [0.3, 0.4) is 0 Å². The summed E-state index contributed by atoms with van der Waals surface area (Å²) < 4.78 is 1.96. The van der Waals surface area contributed by atoms with E-state index >= 15 is 0 Å². The molecule has 2 heterocycles. The first-order valence-electron chi connectivity index (χ1n) is 6.24. The molecule has 0 aliphatic heterocycles. The lowest BCUT2D eigenvalue weighted by atomic mass is 10.1. The minimum atomic E-state index is 0.0817. The fourth-order valence-electron chi connectivity index (χ4n) is 2.35. The Morgan fingerprint density at radius 1 is 1.16 bits per heavy atom. The topological polar surface area (TPSA) is 34.9 Å². The quantitative estimate of drug-likeness (QED) is 0.668. The van der Waals surface area contributed by atoms with Gasteiger partial charge in [-0.1, -0.05) is 24.3 Å². The third-order valence-corrected chi connectivity index (χ3v) is 3.25. The molecule has 0 unspecified atom stereocenters. The molecule has 3 aromatic rings. The van der Waals surface area contributed by atoms with Crippen LogP contribution in [0, 0.1) is 0 Å². The highest BCUT2D eigenvalue weighted by molar-refractivity contribution is 5.92. The molecule has 0 spiro atoms. The number of nitrogens with zero attached hydrogens (tertiary/aromatic N) is 2. The van der Waals surface area contributed by atoms with Crippen molar-refractivity contribution in [2.24, 2.45) is 0 Å². The highest BCUT2D eigenvalue weighted by atomic mass is 16.1. The molecule has 0 fully saturated rings. The van der Waals surface area contributed by atoms with Gasteiger partial charge in [-0.25, -0.2) is 0 Å². The minimum Gasteiger partial charge on any atom is -0.341 e. The number of carbonyl (C=O) groups excluding carboxylic acids is 1. The number of ketones is 1. The van der Waals surface area contributed by atoms with Gasteiger partial charge in [0.15, 0.2) is 5.78 Å². The van der Waals surface area contributed by atoms with Crippen molar-refractivity contribution < 1.29 is 4.79 Å². The van der Waals surface area contributed by atoms with Crippen LogP contribution in [0.25, 0.3) is 10.9 Å². The zero-order valence-corrected chi connectivity index (χ0v) is 10.7. The molecule has 2 aromatic heterocycles. The van der Waals surface area contributed by atoms with Crippen molar-refractivity contribution in [2.75, 3.05) is 0 Å². The first-order valence-corrected chi connectivity index (χ1v) is 6.24. The summed E-state index contributed by atoms with van der Waals surface area (Å²) in [5, 5.41) is 1.12. The van der Waals surface area contributed by atoms with E-state index in [1.54, 1.807) is 13.1 Å². The van der Waals surface area contributed by atoms with Crippen LogP contribution < -0.4 is 0 Å². The van der Waals surface area contributed by atoms with E-state index in [1.807, 2.05) is 47.2 Å². The molecule has 1 aromatic carbocycles. The molecule has 3 nitrogen and oxygen atoms in total. The third-order valence-electron chi connectivity index (χ3n) is 3.25. The average Bonchev–Trinajstić information content (AvgIpc) is 2.87. The van der Waals surface area contributed by atoms with Crippen molar-refractivity contribution in [3.63, 3.8) is 0 Å². The van der Waals surface area contributed by atoms with Crippen molar-refractivity contribution in [3.8, 4) is 0 Å². The molecule has 0 saturated heterocycles. The molecule has 0 amide bonds. The maximum Gasteiger partial charge on any atom is 0.176 e. The summed E-state index contributed by atoms with van der Waals surface area (Å²) >= 11 is 0. The van der Waals surface area contributed by atoms with Crippen molar-refractivity contribution >= 4 is 16.7 Å². The van der Waals surface area contributed by atoms with Gasteiger partial charge in [-0.15, -0.1) is 0 Å². The Kier molecular flexibility index (Phi) is 2.88. The molecular formula is C16H14N2O. The summed E-state index contributed by atoms with van der Waals surface area (Å²) in [5.41, 5.74) is 2.85. The number of aromatic nitrogens is 2. The molecule has 0 aliphatic carbocycles. The van der Waals surface area contributed by atoms with Crippen LogP contribution in [0.1, 0.15) is 23.0 Å². The lowest BCUT2D eigenvalue weighted by molar-refractivity contribution is 0.100. The van der Waals surface area contributed by atoms with Crippen LogP contribution in [0.2, 0.25) is 0 Å². The monoisotopic (exact) mass is 250 g/mol. The van der Waals surface area contributed by atoms with Gasteiger partial charge in [0.2, 0.25) is 0 Å². The van der Waals surface area contributed by atoms with Gasteiger partial charge in [-0.05, 0) is 23.8 Å². The van der Waals surface area contributed by atoms with E-state index in [9.17, 15) is 4.79 Å². The van der Waals surface area contributed by atoms with Crippen LogP contribution in [0.4, 0.5) is 0 Å².